The van der Waals surface area contributed by atoms with Crippen LogP contribution in [0.5, 0.6) is 0 Å². The largest absolute Gasteiger partial charge is 0.378 e. The standard InChI is InChI=1S/C21H20ClFN4O3.C5H12N2/c1-26-16-7-6-15(25-21(29)27-8-10-30-11-9-27)19(22)18(16)20(24-12-17(26)28)13-4-2-3-5-14(13)23;1-7-4-2-6-3-5-7/h2-7H,8-12H2,1H3,(H,25,29);6H,2-5H2,1H3. The molecule has 0 saturated carbocycles. The number of piperazine rings is 1. The van der Waals surface area contributed by atoms with E-state index in [0.29, 0.717) is 43.2 Å². The third-order valence-electron chi connectivity index (χ3n) is 6.47. The monoisotopic (exact) mass is 530 g/mol. The lowest BCUT2D eigenvalue weighted by Crippen LogP contribution is -2.43. The number of rotatable bonds is 2. The van der Waals surface area contributed by atoms with Gasteiger partial charge in [-0.15, -0.1) is 0 Å². The molecule has 2 N–H and O–H groups in total. The van der Waals surface area contributed by atoms with Gasteiger partial charge in [0.1, 0.15) is 12.4 Å². The Morgan fingerprint density at radius 1 is 1.08 bits per heavy atom. The molecule has 3 aliphatic heterocycles. The molecule has 11 heteroatoms. The predicted octanol–water partition coefficient (Wildman–Crippen LogP) is 2.68. The Bertz CT molecular complexity index is 1160. The van der Waals surface area contributed by atoms with E-state index in [1.54, 1.807) is 42.3 Å². The Labute approximate surface area is 221 Å². The molecule has 0 atom stereocenters. The molecule has 2 fully saturated rings. The van der Waals surface area contributed by atoms with Crippen LogP contribution in [-0.2, 0) is 9.53 Å². The molecule has 0 aliphatic carbocycles. The minimum atomic E-state index is -0.474. The number of hydrogen-bond acceptors (Lipinski definition) is 6. The van der Waals surface area contributed by atoms with Crippen LogP contribution in [0, 0.1) is 5.82 Å². The van der Waals surface area contributed by atoms with Crippen LogP contribution in [0.4, 0.5) is 20.6 Å². The van der Waals surface area contributed by atoms with Crippen molar-refractivity contribution in [2.75, 3.05) is 83.3 Å². The summed E-state index contributed by atoms with van der Waals surface area (Å²) in [5.74, 6) is -0.721. The summed E-state index contributed by atoms with van der Waals surface area (Å²) in [7, 11) is 3.77. The van der Waals surface area contributed by atoms with Gasteiger partial charge in [-0.05, 0) is 31.3 Å². The van der Waals surface area contributed by atoms with Crippen LogP contribution in [0.15, 0.2) is 41.4 Å². The predicted molar refractivity (Wildman–Crippen MR) is 144 cm³/mol. The number of nitrogens with zero attached hydrogens (tertiary/aromatic N) is 4. The molecule has 0 aromatic heterocycles. The van der Waals surface area contributed by atoms with Crippen molar-refractivity contribution in [2.24, 2.45) is 4.99 Å². The number of ether oxygens (including phenoxy) is 1. The van der Waals surface area contributed by atoms with E-state index in [2.05, 4.69) is 27.6 Å². The molecule has 0 radical (unpaired) electrons. The zero-order valence-electron chi connectivity index (χ0n) is 21.1. The average molecular weight is 531 g/mol. The van der Waals surface area contributed by atoms with Crippen LogP contribution in [0.2, 0.25) is 5.02 Å². The molecule has 0 spiro atoms. The minimum Gasteiger partial charge on any atom is -0.378 e. The molecule has 5 rings (SSSR count). The fourth-order valence-corrected chi connectivity index (χ4v) is 4.54. The second-order valence-electron chi connectivity index (χ2n) is 9.00. The quantitative estimate of drug-likeness (QED) is 0.623. The molecular formula is C26H32ClFN6O3. The molecule has 2 aromatic rings. The van der Waals surface area contributed by atoms with Crippen molar-refractivity contribution in [2.45, 2.75) is 0 Å². The van der Waals surface area contributed by atoms with E-state index in [9.17, 15) is 14.0 Å². The van der Waals surface area contributed by atoms with Crippen molar-refractivity contribution in [3.8, 4) is 0 Å². The molecule has 2 saturated heterocycles. The number of benzodiazepines with no additional fused rings is 1. The van der Waals surface area contributed by atoms with E-state index in [-0.39, 0.29) is 34.8 Å². The van der Waals surface area contributed by atoms with Gasteiger partial charge in [0.25, 0.3) is 0 Å². The van der Waals surface area contributed by atoms with Crippen LogP contribution in [0.1, 0.15) is 11.1 Å². The van der Waals surface area contributed by atoms with E-state index in [1.807, 2.05) is 0 Å². The number of carbonyl (C=O) groups is 2. The number of anilines is 2. The Morgan fingerprint density at radius 3 is 2.43 bits per heavy atom. The van der Waals surface area contributed by atoms with Crippen LogP contribution >= 0.6 is 11.6 Å². The molecule has 3 heterocycles. The summed E-state index contributed by atoms with van der Waals surface area (Å²) < 4.78 is 19.8. The van der Waals surface area contributed by atoms with Crippen molar-refractivity contribution in [3.63, 3.8) is 0 Å². The van der Waals surface area contributed by atoms with Crippen LogP contribution in [0.3, 0.4) is 0 Å². The summed E-state index contributed by atoms with van der Waals surface area (Å²) in [5.41, 5.74) is 1.76. The number of hydrogen-bond donors (Lipinski definition) is 2. The molecule has 37 heavy (non-hydrogen) atoms. The van der Waals surface area contributed by atoms with E-state index in [1.165, 1.54) is 24.1 Å². The Hall–Kier alpha value is -3.05. The van der Waals surface area contributed by atoms with E-state index >= 15 is 0 Å². The first-order valence-electron chi connectivity index (χ1n) is 12.3. The maximum atomic E-state index is 14.6. The lowest BCUT2D eigenvalue weighted by Gasteiger charge is -2.27. The summed E-state index contributed by atoms with van der Waals surface area (Å²) in [6.45, 7) is 6.51. The number of urea groups is 1. The van der Waals surface area contributed by atoms with E-state index < -0.39 is 5.82 Å². The number of halogens is 2. The van der Waals surface area contributed by atoms with Gasteiger partial charge in [-0.3, -0.25) is 9.79 Å². The van der Waals surface area contributed by atoms with Crippen molar-refractivity contribution in [3.05, 3.63) is 58.4 Å². The van der Waals surface area contributed by atoms with Gasteiger partial charge in [0.2, 0.25) is 5.91 Å². The van der Waals surface area contributed by atoms with Crippen molar-refractivity contribution >= 4 is 40.6 Å². The zero-order chi connectivity index (χ0) is 26.4. The molecule has 3 amide bonds. The third kappa shape index (κ3) is 6.45. The summed E-state index contributed by atoms with van der Waals surface area (Å²) in [6, 6.07) is 9.19. The summed E-state index contributed by atoms with van der Waals surface area (Å²) >= 11 is 6.69. The highest BCUT2D eigenvalue weighted by Gasteiger charge is 2.28. The number of aliphatic imine (C=N–C) groups is 1. The third-order valence-corrected chi connectivity index (χ3v) is 6.87. The Kier molecular flexibility index (Phi) is 9.09. The number of fused-ring (bicyclic) bond motifs is 1. The van der Waals surface area contributed by atoms with E-state index in [4.69, 9.17) is 16.3 Å². The second kappa shape index (κ2) is 12.5. The molecule has 9 nitrogen and oxygen atoms in total. The van der Waals surface area contributed by atoms with Gasteiger partial charge in [0.15, 0.2) is 0 Å². The lowest BCUT2D eigenvalue weighted by molar-refractivity contribution is -0.116. The zero-order valence-corrected chi connectivity index (χ0v) is 21.9. The van der Waals surface area contributed by atoms with Gasteiger partial charge in [-0.2, -0.15) is 0 Å². The smallest absolute Gasteiger partial charge is 0.322 e. The highest BCUT2D eigenvalue weighted by atomic mass is 35.5. The maximum absolute atomic E-state index is 14.6. The first-order valence-corrected chi connectivity index (χ1v) is 12.7. The van der Waals surface area contributed by atoms with Crippen LogP contribution in [0.25, 0.3) is 0 Å². The highest BCUT2D eigenvalue weighted by molar-refractivity contribution is 6.40. The second-order valence-corrected chi connectivity index (χ2v) is 9.38. The lowest BCUT2D eigenvalue weighted by atomic mass is 9.99. The average Bonchev–Trinajstić information content (AvgIpc) is 3.04. The fraction of sp³-hybridized carbons (Fsp3) is 0.423. The normalized spacial score (nSPS) is 18.3. The van der Waals surface area contributed by atoms with Gasteiger partial charge in [0.05, 0.1) is 35.3 Å². The van der Waals surface area contributed by atoms with Crippen molar-refractivity contribution < 1.29 is 18.7 Å². The van der Waals surface area contributed by atoms with Gasteiger partial charge in [-0.1, -0.05) is 23.7 Å². The topological polar surface area (TPSA) is 89.5 Å². The Morgan fingerprint density at radius 2 is 1.78 bits per heavy atom. The molecule has 3 aliphatic rings. The van der Waals surface area contributed by atoms with Crippen molar-refractivity contribution in [1.29, 1.82) is 0 Å². The first kappa shape index (κ1) is 27.0. The number of morpholine rings is 1. The number of amides is 3. The first-order chi connectivity index (χ1) is 17.9. The molecule has 198 valence electrons. The van der Waals surface area contributed by atoms with Gasteiger partial charge >= 0.3 is 6.03 Å². The van der Waals surface area contributed by atoms with Crippen LogP contribution < -0.4 is 15.5 Å². The number of benzene rings is 2. The minimum absolute atomic E-state index is 0.138. The summed E-state index contributed by atoms with van der Waals surface area (Å²) in [6.07, 6.45) is 0. The number of carbonyl (C=O) groups excluding carboxylic acids is 2. The summed E-state index contributed by atoms with van der Waals surface area (Å²) in [5, 5.41) is 6.28. The SMILES string of the molecule is CN1C(=O)CN=C(c2ccccc2F)c2c1ccc(NC(=O)N1CCOCC1)c2Cl.CN1CCNCC1. The number of likely N-dealkylation sites (N-methyl/N-ethyl adjacent to an activating group) is 2. The summed E-state index contributed by atoms with van der Waals surface area (Å²) in [4.78, 5) is 34.8. The molecule has 0 bridgehead atoms. The Balaban J connectivity index is 0.000000396. The van der Waals surface area contributed by atoms with Gasteiger partial charge in [-0.25, -0.2) is 9.18 Å². The molecule has 2 aromatic carbocycles. The maximum Gasteiger partial charge on any atom is 0.322 e. The van der Waals surface area contributed by atoms with Gasteiger partial charge in [0, 0.05) is 57.4 Å². The van der Waals surface area contributed by atoms with Gasteiger partial charge < -0.3 is 30.1 Å². The highest BCUT2D eigenvalue weighted by Crippen LogP contribution is 2.37. The van der Waals surface area contributed by atoms with E-state index in [0.717, 1.165) is 13.1 Å². The number of nitrogens with one attached hydrogen (secondary N) is 2. The van der Waals surface area contributed by atoms with Crippen LogP contribution in [-0.4, -0.2) is 101 Å². The fourth-order valence-electron chi connectivity index (χ4n) is 4.24. The molecular weight excluding hydrogens is 499 g/mol. The molecule has 0 unspecified atom stereocenters. The van der Waals surface area contributed by atoms with Crippen molar-refractivity contribution in [1.82, 2.24) is 15.1 Å².